The Hall–Kier alpha value is -3.97. The first-order valence-electron chi connectivity index (χ1n) is 8.50. The second kappa shape index (κ2) is 7.11. The molecule has 0 bridgehead atoms. The van der Waals surface area contributed by atoms with Gasteiger partial charge in [0.05, 0.1) is 17.3 Å². The monoisotopic (exact) mass is 349 g/mol. The minimum Gasteiger partial charge on any atom is -0.283 e. The van der Waals surface area contributed by atoms with Crippen LogP contribution < -0.4 is 5.56 Å². The topological polar surface area (TPSA) is 58.7 Å². The van der Waals surface area contributed by atoms with E-state index in [4.69, 9.17) is 5.26 Å². The van der Waals surface area contributed by atoms with Crippen molar-refractivity contribution < 1.29 is 0 Å². The van der Waals surface area contributed by atoms with Gasteiger partial charge >= 0.3 is 0 Å². The number of benzene rings is 2. The van der Waals surface area contributed by atoms with Crippen molar-refractivity contribution >= 4 is 0 Å². The lowest BCUT2D eigenvalue weighted by Gasteiger charge is -2.12. The van der Waals surface area contributed by atoms with E-state index >= 15 is 0 Å². The maximum Gasteiger partial charge on any atom is 0.262 e. The third-order valence-electron chi connectivity index (χ3n) is 4.34. The zero-order chi connectivity index (χ0) is 18.6. The van der Waals surface area contributed by atoms with Crippen LogP contribution in [-0.2, 0) is 0 Å². The van der Waals surface area contributed by atoms with E-state index in [9.17, 15) is 4.79 Å². The van der Waals surface area contributed by atoms with Gasteiger partial charge in [0, 0.05) is 29.2 Å². The molecule has 2 aromatic heterocycles. The van der Waals surface area contributed by atoms with E-state index in [1.807, 2.05) is 60.8 Å². The summed E-state index contributed by atoms with van der Waals surface area (Å²) in [7, 11) is 0. The zero-order valence-corrected chi connectivity index (χ0v) is 14.4. The molecule has 2 aromatic carbocycles. The van der Waals surface area contributed by atoms with Crippen molar-refractivity contribution in [3.63, 3.8) is 0 Å². The molecule has 0 saturated carbocycles. The molecular formula is C23H15N3O. The molecule has 27 heavy (non-hydrogen) atoms. The molecule has 4 aromatic rings. The molecule has 0 saturated heterocycles. The van der Waals surface area contributed by atoms with Gasteiger partial charge in [-0.3, -0.25) is 14.3 Å². The molecule has 0 aliphatic carbocycles. The average Bonchev–Trinajstić information content (AvgIpc) is 2.75. The van der Waals surface area contributed by atoms with E-state index < -0.39 is 0 Å². The van der Waals surface area contributed by atoms with E-state index in [0.29, 0.717) is 11.1 Å². The summed E-state index contributed by atoms with van der Waals surface area (Å²) in [4.78, 5) is 17.6. The molecule has 4 nitrogen and oxygen atoms in total. The predicted octanol–water partition coefficient (Wildman–Crippen LogP) is 4.44. The van der Waals surface area contributed by atoms with Crippen molar-refractivity contribution in [2.24, 2.45) is 0 Å². The van der Waals surface area contributed by atoms with Crippen molar-refractivity contribution in [1.29, 1.82) is 5.26 Å². The van der Waals surface area contributed by atoms with Crippen LogP contribution >= 0.6 is 0 Å². The van der Waals surface area contributed by atoms with Crippen LogP contribution in [-0.4, -0.2) is 9.55 Å². The molecule has 0 amide bonds. The molecule has 0 N–H and O–H groups in total. The van der Waals surface area contributed by atoms with Gasteiger partial charge in [-0.25, -0.2) is 0 Å². The lowest BCUT2D eigenvalue weighted by Crippen LogP contribution is -2.20. The number of pyridine rings is 2. The molecule has 0 fully saturated rings. The van der Waals surface area contributed by atoms with Gasteiger partial charge in [0.25, 0.3) is 5.56 Å². The summed E-state index contributed by atoms with van der Waals surface area (Å²) in [6, 6.07) is 26.2. The average molecular weight is 349 g/mol. The molecule has 2 heterocycles. The molecule has 0 aliphatic heterocycles. The molecule has 0 atom stereocenters. The molecule has 0 radical (unpaired) electrons. The Kier molecular flexibility index (Phi) is 4.34. The first kappa shape index (κ1) is 16.5. The van der Waals surface area contributed by atoms with Crippen LogP contribution in [0.3, 0.4) is 0 Å². The largest absolute Gasteiger partial charge is 0.283 e. The maximum atomic E-state index is 13.2. The Morgan fingerprint density at radius 2 is 1.59 bits per heavy atom. The quantitative estimate of drug-likeness (QED) is 0.549. The highest BCUT2D eigenvalue weighted by Gasteiger charge is 2.12. The second-order valence-electron chi connectivity index (χ2n) is 6.06. The van der Waals surface area contributed by atoms with Gasteiger partial charge in [-0.1, -0.05) is 36.4 Å². The van der Waals surface area contributed by atoms with Crippen LogP contribution in [0.5, 0.6) is 0 Å². The highest BCUT2D eigenvalue weighted by Crippen LogP contribution is 2.24. The SMILES string of the molecule is N#Cc1ccc(-c2cc(-c3ccccn3)cn(-c3ccccc3)c2=O)cc1. The van der Waals surface area contributed by atoms with Crippen LogP contribution in [0.25, 0.3) is 28.1 Å². The van der Waals surface area contributed by atoms with Crippen LogP contribution in [0.15, 0.2) is 96.1 Å². The molecular weight excluding hydrogens is 334 g/mol. The van der Waals surface area contributed by atoms with Crippen LogP contribution in [0.2, 0.25) is 0 Å². The third kappa shape index (κ3) is 3.26. The van der Waals surface area contributed by atoms with Crippen molar-refractivity contribution in [1.82, 2.24) is 9.55 Å². The number of nitriles is 1. The number of aromatic nitrogens is 2. The number of rotatable bonds is 3. The van der Waals surface area contributed by atoms with Gasteiger partial charge in [0.15, 0.2) is 0 Å². The van der Waals surface area contributed by atoms with Crippen LogP contribution in [0, 0.1) is 11.3 Å². The highest BCUT2D eigenvalue weighted by molar-refractivity contribution is 5.71. The summed E-state index contributed by atoms with van der Waals surface area (Å²) < 4.78 is 1.64. The summed E-state index contributed by atoms with van der Waals surface area (Å²) in [5.41, 5.74) is 4.19. The first-order chi connectivity index (χ1) is 13.3. The van der Waals surface area contributed by atoms with Crippen molar-refractivity contribution in [3.8, 4) is 34.1 Å². The molecule has 0 unspecified atom stereocenters. The molecule has 128 valence electrons. The molecule has 0 aliphatic rings. The van der Waals surface area contributed by atoms with E-state index in [2.05, 4.69) is 11.1 Å². The predicted molar refractivity (Wildman–Crippen MR) is 105 cm³/mol. The fourth-order valence-corrected chi connectivity index (χ4v) is 2.97. The minimum atomic E-state index is -0.120. The number of nitrogens with zero attached hydrogens (tertiary/aromatic N) is 3. The normalized spacial score (nSPS) is 10.3. The lowest BCUT2D eigenvalue weighted by molar-refractivity contribution is 0.993. The lowest BCUT2D eigenvalue weighted by atomic mass is 10.0. The first-order valence-corrected chi connectivity index (χ1v) is 8.50. The van der Waals surface area contributed by atoms with Crippen LogP contribution in [0.1, 0.15) is 5.56 Å². The maximum absolute atomic E-state index is 13.2. The standard InChI is InChI=1S/C23H15N3O/c24-15-17-9-11-18(12-10-17)21-14-19(22-8-4-5-13-25-22)16-26(23(21)27)20-6-2-1-3-7-20/h1-14,16H. The van der Waals surface area contributed by atoms with Gasteiger partial charge in [-0.2, -0.15) is 5.26 Å². The Morgan fingerprint density at radius 3 is 2.26 bits per heavy atom. The fourth-order valence-electron chi connectivity index (χ4n) is 2.97. The number of hydrogen-bond donors (Lipinski definition) is 0. The zero-order valence-electron chi connectivity index (χ0n) is 14.4. The molecule has 4 heteroatoms. The van der Waals surface area contributed by atoms with E-state index in [0.717, 1.165) is 22.5 Å². The number of para-hydroxylation sites is 1. The van der Waals surface area contributed by atoms with Crippen LogP contribution in [0.4, 0.5) is 0 Å². The summed E-state index contributed by atoms with van der Waals surface area (Å²) in [6.45, 7) is 0. The Morgan fingerprint density at radius 1 is 0.852 bits per heavy atom. The van der Waals surface area contributed by atoms with Gasteiger partial charge in [-0.15, -0.1) is 0 Å². The summed E-state index contributed by atoms with van der Waals surface area (Å²) >= 11 is 0. The minimum absolute atomic E-state index is 0.120. The highest BCUT2D eigenvalue weighted by atomic mass is 16.1. The molecule has 0 spiro atoms. The van der Waals surface area contributed by atoms with Crippen molar-refractivity contribution in [3.05, 3.63) is 107 Å². The van der Waals surface area contributed by atoms with Gasteiger partial charge in [0.1, 0.15) is 0 Å². The van der Waals surface area contributed by atoms with Gasteiger partial charge < -0.3 is 0 Å². The van der Waals surface area contributed by atoms with Crippen molar-refractivity contribution in [2.45, 2.75) is 0 Å². The smallest absolute Gasteiger partial charge is 0.262 e. The Bertz CT molecular complexity index is 1170. The summed E-state index contributed by atoms with van der Waals surface area (Å²) in [5, 5.41) is 9.02. The Balaban J connectivity index is 1.97. The second-order valence-corrected chi connectivity index (χ2v) is 6.06. The summed E-state index contributed by atoms with van der Waals surface area (Å²) in [6.07, 6.45) is 3.54. The van der Waals surface area contributed by atoms with E-state index in [-0.39, 0.29) is 5.56 Å². The molecule has 4 rings (SSSR count). The van der Waals surface area contributed by atoms with E-state index in [1.54, 1.807) is 35.0 Å². The van der Waals surface area contributed by atoms with Gasteiger partial charge in [-0.05, 0) is 48.0 Å². The summed E-state index contributed by atoms with van der Waals surface area (Å²) in [5.74, 6) is 0. The third-order valence-corrected chi connectivity index (χ3v) is 4.34. The number of hydrogen-bond acceptors (Lipinski definition) is 3. The van der Waals surface area contributed by atoms with E-state index in [1.165, 1.54) is 0 Å². The Labute approximate surface area is 156 Å². The van der Waals surface area contributed by atoms with Gasteiger partial charge in [0.2, 0.25) is 0 Å². The van der Waals surface area contributed by atoms with Crippen molar-refractivity contribution in [2.75, 3.05) is 0 Å². The fraction of sp³-hybridized carbons (Fsp3) is 0.